The highest BCUT2D eigenvalue weighted by Gasteiger charge is 2.15. The van der Waals surface area contributed by atoms with Crippen LogP contribution in [-0.2, 0) is 9.59 Å². The number of rotatable bonds is 5. The van der Waals surface area contributed by atoms with E-state index in [9.17, 15) is 9.59 Å². The largest absolute Gasteiger partial charge is 0.325 e. The highest BCUT2D eigenvalue weighted by Crippen LogP contribution is 2.27. The maximum absolute atomic E-state index is 12.2. The summed E-state index contributed by atoms with van der Waals surface area (Å²) < 4.78 is 0. The second kappa shape index (κ2) is 8.04. The molecule has 2 aromatic rings. The summed E-state index contributed by atoms with van der Waals surface area (Å²) in [5.74, 6) is -0.307. The molecule has 0 saturated heterocycles. The molecular weight excluding hydrogens is 332 g/mol. The van der Waals surface area contributed by atoms with E-state index in [-0.39, 0.29) is 17.1 Å². The van der Waals surface area contributed by atoms with Crippen LogP contribution >= 0.6 is 23.4 Å². The Morgan fingerprint density at radius 2 is 1.78 bits per heavy atom. The highest BCUT2D eigenvalue weighted by atomic mass is 35.5. The minimum Gasteiger partial charge on any atom is -0.325 e. The lowest BCUT2D eigenvalue weighted by atomic mass is 10.2. The van der Waals surface area contributed by atoms with Crippen molar-refractivity contribution in [1.29, 1.82) is 0 Å². The molecule has 1 unspecified atom stereocenters. The Morgan fingerprint density at radius 1 is 1.09 bits per heavy atom. The fourth-order valence-corrected chi connectivity index (χ4v) is 3.00. The van der Waals surface area contributed by atoms with Gasteiger partial charge in [0.1, 0.15) is 0 Å². The Labute approximate surface area is 144 Å². The van der Waals surface area contributed by atoms with Crippen LogP contribution in [0.1, 0.15) is 13.8 Å². The first-order valence-corrected chi connectivity index (χ1v) is 8.31. The van der Waals surface area contributed by atoms with Crippen molar-refractivity contribution in [2.45, 2.75) is 24.0 Å². The lowest BCUT2D eigenvalue weighted by Crippen LogP contribution is -2.22. The molecule has 0 bridgehead atoms. The van der Waals surface area contributed by atoms with Crippen molar-refractivity contribution in [3.05, 3.63) is 53.6 Å². The smallest absolute Gasteiger partial charge is 0.237 e. The predicted octanol–water partition coefficient (Wildman–Crippen LogP) is 4.42. The number of hydrogen-bond acceptors (Lipinski definition) is 3. The predicted molar refractivity (Wildman–Crippen MR) is 96.1 cm³/mol. The van der Waals surface area contributed by atoms with Crippen LogP contribution < -0.4 is 10.6 Å². The molecule has 4 nitrogen and oxygen atoms in total. The van der Waals surface area contributed by atoms with E-state index in [0.717, 1.165) is 4.90 Å². The van der Waals surface area contributed by atoms with Crippen LogP contribution in [0.15, 0.2) is 53.4 Å². The number of hydrogen-bond donors (Lipinski definition) is 2. The lowest BCUT2D eigenvalue weighted by Gasteiger charge is -2.13. The van der Waals surface area contributed by atoms with Gasteiger partial charge in [-0.3, -0.25) is 9.59 Å². The molecule has 0 aliphatic heterocycles. The number of carbonyl (C=O) groups excluding carboxylic acids is 2. The average Bonchev–Trinajstić information content (AvgIpc) is 2.50. The SMILES string of the molecule is CC(=O)Nc1ccc(NC(=O)C(C)Sc2ccccc2)cc1Cl. The fourth-order valence-electron chi connectivity index (χ4n) is 1.88. The van der Waals surface area contributed by atoms with Crippen LogP contribution in [0.2, 0.25) is 5.02 Å². The zero-order chi connectivity index (χ0) is 16.8. The standard InChI is InChI=1S/C17H17ClN2O2S/c1-11(23-14-6-4-3-5-7-14)17(22)20-13-8-9-16(15(18)10-13)19-12(2)21/h3-11H,1-2H3,(H,19,21)(H,20,22). The van der Waals surface area contributed by atoms with Gasteiger partial charge >= 0.3 is 0 Å². The van der Waals surface area contributed by atoms with E-state index >= 15 is 0 Å². The zero-order valence-corrected chi connectivity index (χ0v) is 14.4. The highest BCUT2D eigenvalue weighted by molar-refractivity contribution is 8.00. The zero-order valence-electron chi connectivity index (χ0n) is 12.8. The van der Waals surface area contributed by atoms with Crippen molar-refractivity contribution in [3.8, 4) is 0 Å². The molecule has 23 heavy (non-hydrogen) atoms. The summed E-state index contributed by atoms with van der Waals surface area (Å²) >= 11 is 7.58. The quantitative estimate of drug-likeness (QED) is 0.786. The average molecular weight is 349 g/mol. The Kier molecular flexibility index (Phi) is 6.07. The lowest BCUT2D eigenvalue weighted by molar-refractivity contribution is -0.115. The third kappa shape index (κ3) is 5.30. The minimum absolute atomic E-state index is 0.109. The van der Waals surface area contributed by atoms with Crippen molar-refractivity contribution in [2.75, 3.05) is 10.6 Å². The van der Waals surface area contributed by atoms with Crippen molar-refractivity contribution < 1.29 is 9.59 Å². The van der Waals surface area contributed by atoms with E-state index < -0.39 is 0 Å². The van der Waals surface area contributed by atoms with E-state index in [4.69, 9.17) is 11.6 Å². The van der Waals surface area contributed by atoms with Gasteiger partial charge < -0.3 is 10.6 Å². The number of nitrogens with one attached hydrogen (secondary N) is 2. The molecular formula is C17H17ClN2O2S. The molecule has 0 heterocycles. The van der Waals surface area contributed by atoms with E-state index in [1.54, 1.807) is 18.2 Å². The van der Waals surface area contributed by atoms with Gasteiger partial charge in [-0.2, -0.15) is 0 Å². The molecule has 0 spiro atoms. The van der Waals surface area contributed by atoms with Gasteiger partial charge in [-0.05, 0) is 37.3 Å². The normalized spacial score (nSPS) is 11.6. The van der Waals surface area contributed by atoms with Gasteiger partial charge in [0.15, 0.2) is 0 Å². The summed E-state index contributed by atoms with van der Waals surface area (Å²) in [6.45, 7) is 3.26. The number of thioether (sulfide) groups is 1. The molecule has 0 aliphatic rings. The first kappa shape index (κ1) is 17.4. The minimum atomic E-state index is -0.244. The van der Waals surface area contributed by atoms with Crippen LogP contribution in [0.25, 0.3) is 0 Å². The van der Waals surface area contributed by atoms with Crippen LogP contribution in [0.3, 0.4) is 0 Å². The monoisotopic (exact) mass is 348 g/mol. The van der Waals surface area contributed by atoms with Gasteiger partial charge in [-0.15, -0.1) is 11.8 Å². The molecule has 2 amide bonds. The molecule has 2 aromatic carbocycles. The fraction of sp³-hybridized carbons (Fsp3) is 0.176. The summed E-state index contributed by atoms with van der Waals surface area (Å²) in [6, 6.07) is 14.7. The van der Waals surface area contributed by atoms with Crippen molar-refractivity contribution in [3.63, 3.8) is 0 Å². The maximum atomic E-state index is 12.2. The molecule has 120 valence electrons. The number of amides is 2. The Bertz CT molecular complexity index is 707. The third-order valence-corrected chi connectivity index (χ3v) is 4.40. The van der Waals surface area contributed by atoms with Crippen LogP contribution in [0, 0.1) is 0 Å². The summed E-state index contributed by atoms with van der Waals surface area (Å²) in [5.41, 5.74) is 1.11. The van der Waals surface area contributed by atoms with E-state index in [1.165, 1.54) is 18.7 Å². The van der Waals surface area contributed by atoms with Gasteiger partial charge in [0, 0.05) is 17.5 Å². The Hall–Kier alpha value is -1.98. The molecule has 0 aromatic heterocycles. The molecule has 0 fully saturated rings. The van der Waals surface area contributed by atoms with Crippen LogP contribution in [0.4, 0.5) is 11.4 Å². The van der Waals surface area contributed by atoms with Crippen molar-refractivity contribution in [2.24, 2.45) is 0 Å². The summed E-state index contributed by atoms with van der Waals surface area (Å²) in [7, 11) is 0. The number of benzene rings is 2. The summed E-state index contributed by atoms with van der Waals surface area (Å²) in [5, 5.41) is 5.58. The topological polar surface area (TPSA) is 58.2 Å². The first-order valence-electron chi connectivity index (χ1n) is 7.05. The van der Waals surface area contributed by atoms with E-state index in [1.807, 2.05) is 37.3 Å². The van der Waals surface area contributed by atoms with Crippen molar-refractivity contribution in [1.82, 2.24) is 0 Å². The molecule has 2 N–H and O–H groups in total. The summed E-state index contributed by atoms with van der Waals surface area (Å²) in [4.78, 5) is 24.3. The van der Waals surface area contributed by atoms with Gasteiger partial charge in [-0.25, -0.2) is 0 Å². The molecule has 0 saturated carbocycles. The molecule has 1 atom stereocenters. The Balaban J connectivity index is 1.99. The van der Waals surface area contributed by atoms with Gasteiger partial charge in [0.2, 0.25) is 11.8 Å². The molecule has 2 rings (SSSR count). The molecule has 0 radical (unpaired) electrons. The van der Waals surface area contributed by atoms with E-state index in [2.05, 4.69) is 10.6 Å². The number of halogens is 1. The van der Waals surface area contributed by atoms with Crippen LogP contribution in [0.5, 0.6) is 0 Å². The second-order valence-corrected chi connectivity index (χ2v) is 6.76. The van der Waals surface area contributed by atoms with E-state index in [0.29, 0.717) is 16.4 Å². The van der Waals surface area contributed by atoms with Crippen molar-refractivity contribution >= 4 is 46.6 Å². The first-order chi connectivity index (χ1) is 11.0. The molecule has 6 heteroatoms. The van der Waals surface area contributed by atoms with Gasteiger partial charge in [0.05, 0.1) is 16.0 Å². The number of anilines is 2. The summed E-state index contributed by atoms with van der Waals surface area (Å²) in [6.07, 6.45) is 0. The van der Waals surface area contributed by atoms with Crippen LogP contribution in [-0.4, -0.2) is 17.1 Å². The number of carbonyl (C=O) groups is 2. The van der Waals surface area contributed by atoms with Gasteiger partial charge in [0.25, 0.3) is 0 Å². The van der Waals surface area contributed by atoms with Gasteiger partial charge in [-0.1, -0.05) is 29.8 Å². The second-order valence-electron chi connectivity index (χ2n) is 4.94. The maximum Gasteiger partial charge on any atom is 0.237 e. The Morgan fingerprint density at radius 3 is 2.39 bits per heavy atom. The third-order valence-electron chi connectivity index (χ3n) is 2.97. The molecule has 0 aliphatic carbocycles.